The van der Waals surface area contributed by atoms with E-state index in [0.717, 1.165) is 11.3 Å². The molecule has 2 aromatic carbocycles. The lowest BCUT2D eigenvalue weighted by Crippen LogP contribution is -2.44. The number of nitrogens with zero attached hydrogens (tertiary/aromatic N) is 2. The van der Waals surface area contributed by atoms with E-state index in [9.17, 15) is 9.59 Å². The topological polar surface area (TPSA) is 91.0 Å². The van der Waals surface area contributed by atoms with Crippen LogP contribution in [0.25, 0.3) is 0 Å². The van der Waals surface area contributed by atoms with Gasteiger partial charge in [-0.25, -0.2) is 0 Å². The van der Waals surface area contributed by atoms with Crippen molar-refractivity contribution in [3.8, 4) is 5.75 Å². The van der Waals surface area contributed by atoms with Crippen molar-refractivity contribution in [1.82, 2.24) is 4.90 Å². The maximum atomic E-state index is 11.0. The molecule has 1 heterocycles. The highest BCUT2D eigenvalue weighted by Crippen LogP contribution is 2.33. The fourth-order valence-corrected chi connectivity index (χ4v) is 4.27. The Hall–Kier alpha value is -3.39. The van der Waals surface area contributed by atoms with Gasteiger partial charge in [0, 0.05) is 50.2 Å². The van der Waals surface area contributed by atoms with Gasteiger partial charge in [0.25, 0.3) is 5.91 Å². The van der Waals surface area contributed by atoms with Gasteiger partial charge in [0.05, 0.1) is 12.8 Å². The highest BCUT2D eigenvalue weighted by molar-refractivity contribution is 6.29. The van der Waals surface area contributed by atoms with Crippen LogP contribution in [0.5, 0.6) is 5.75 Å². The molecule has 4 rings (SSSR count). The zero-order chi connectivity index (χ0) is 25.1. The zero-order valence-corrected chi connectivity index (χ0v) is 20.6. The minimum atomic E-state index is -0.678. The summed E-state index contributed by atoms with van der Waals surface area (Å²) in [5, 5.41) is 5.45. The van der Waals surface area contributed by atoms with E-state index in [1.54, 1.807) is 44.3 Å². The van der Waals surface area contributed by atoms with E-state index in [-0.39, 0.29) is 6.29 Å². The molecule has 8 nitrogen and oxygen atoms in total. The first-order chi connectivity index (χ1) is 16.5. The SMILES string of the molecule is C=O.CN1CCN(c2ccc3c(c2)CCC3)CC1.CNc1ccc(NC(=O)C=O)c(C)c1OC. The van der Waals surface area contributed by atoms with Crippen LogP contribution in [0.3, 0.4) is 0 Å². The van der Waals surface area contributed by atoms with E-state index in [4.69, 9.17) is 9.53 Å². The third kappa shape index (κ3) is 6.81. The van der Waals surface area contributed by atoms with Crippen LogP contribution in [-0.4, -0.2) is 71.3 Å². The number of fused-ring (bicyclic) bond motifs is 1. The lowest BCUT2D eigenvalue weighted by Gasteiger charge is -2.34. The number of ether oxygens (including phenoxy) is 1. The Morgan fingerprint density at radius 3 is 2.29 bits per heavy atom. The van der Waals surface area contributed by atoms with E-state index in [1.807, 2.05) is 6.79 Å². The number of amides is 1. The number of aldehydes is 1. The molecule has 0 aromatic heterocycles. The third-order valence-electron chi connectivity index (χ3n) is 6.19. The first-order valence-electron chi connectivity index (χ1n) is 11.4. The van der Waals surface area contributed by atoms with E-state index < -0.39 is 5.91 Å². The number of likely N-dealkylation sites (N-methyl/N-ethyl adjacent to an activating group) is 1. The molecule has 1 aliphatic heterocycles. The van der Waals surface area contributed by atoms with Gasteiger partial charge in [-0.15, -0.1) is 0 Å². The van der Waals surface area contributed by atoms with Gasteiger partial charge in [-0.1, -0.05) is 6.07 Å². The number of aryl methyl sites for hydroxylation is 2. The highest BCUT2D eigenvalue weighted by Gasteiger charge is 2.17. The maximum absolute atomic E-state index is 11.0. The number of rotatable bonds is 5. The van der Waals surface area contributed by atoms with Gasteiger partial charge >= 0.3 is 0 Å². The highest BCUT2D eigenvalue weighted by atomic mass is 16.5. The molecule has 2 aromatic rings. The smallest absolute Gasteiger partial charge is 0.288 e. The number of piperazine rings is 1. The van der Waals surface area contributed by atoms with Gasteiger partial charge in [0.1, 0.15) is 12.5 Å². The number of benzene rings is 2. The van der Waals surface area contributed by atoms with Gasteiger partial charge in [-0.2, -0.15) is 0 Å². The molecule has 8 heteroatoms. The van der Waals surface area contributed by atoms with E-state index >= 15 is 0 Å². The summed E-state index contributed by atoms with van der Waals surface area (Å²) in [6.45, 7) is 8.54. The Balaban J connectivity index is 0.000000224. The quantitative estimate of drug-likeness (QED) is 0.515. The second-order valence-corrected chi connectivity index (χ2v) is 8.27. The van der Waals surface area contributed by atoms with Crippen molar-refractivity contribution in [2.45, 2.75) is 26.2 Å². The fraction of sp³-hybridized carbons (Fsp3) is 0.423. The van der Waals surface area contributed by atoms with Crippen LogP contribution in [0, 0.1) is 6.92 Å². The molecule has 184 valence electrons. The first-order valence-corrected chi connectivity index (χ1v) is 11.4. The summed E-state index contributed by atoms with van der Waals surface area (Å²) in [7, 11) is 5.54. The predicted molar refractivity (Wildman–Crippen MR) is 137 cm³/mol. The van der Waals surface area contributed by atoms with E-state index in [1.165, 1.54) is 51.1 Å². The first kappa shape index (κ1) is 26.9. The molecule has 1 saturated heterocycles. The van der Waals surface area contributed by atoms with Crippen LogP contribution in [0.2, 0.25) is 0 Å². The summed E-state index contributed by atoms with van der Waals surface area (Å²) in [5.74, 6) is -0.0337. The molecular formula is C26H36N4O4. The number of carbonyl (C=O) groups is 3. The number of anilines is 3. The minimum absolute atomic E-state index is 0.234. The van der Waals surface area contributed by atoms with E-state index in [0.29, 0.717) is 11.4 Å². The van der Waals surface area contributed by atoms with E-state index in [2.05, 4.69) is 45.7 Å². The molecule has 1 amide bonds. The molecule has 0 radical (unpaired) electrons. The molecule has 0 atom stereocenters. The van der Waals surface area contributed by atoms with Gasteiger partial charge < -0.3 is 30.0 Å². The Morgan fingerprint density at radius 1 is 1.03 bits per heavy atom. The Kier molecular flexibility index (Phi) is 10.5. The van der Waals surface area contributed by atoms with Crippen LogP contribution in [0.4, 0.5) is 17.1 Å². The largest absolute Gasteiger partial charge is 0.494 e. The summed E-state index contributed by atoms with van der Waals surface area (Å²) in [4.78, 5) is 34.1. The Morgan fingerprint density at radius 2 is 1.68 bits per heavy atom. The number of nitrogens with one attached hydrogen (secondary N) is 2. The van der Waals surface area contributed by atoms with Gasteiger partial charge in [-0.3, -0.25) is 9.59 Å². The van der Waals surface area contributed by atoms with Crippen molar-refractivity contribution in [3.63, 3.8) is 0 Å². The van der Waals surface area contributed by atoms with Crippen molar-refractivity contribution in [1.29, 1.82) is 0 Å². The fourth-order valence-electron chi connectivity index (χ4n) is 4.27. The lowest BCUT2D eigenvalue weighted by molar-refractivity contribution is -0.127. The lowest BCUT2D eigenvalue weighted by atomic mass is 10.1. The average Bonchev–Trinajstić information content (AvgIpc) is 3.35. The number of carbonyl (C=O) groups excluding carboxylic acids is 3. The van der Waals surface area contributed by atoms with Crippen molar-refractivity contribution >= 4 is 36.0 Å². The number of hydrogen-bond acceptors (Lipinski definition) is 7. The van der Waals surface area contributed by atoms with Crippen LogP contribution < -0.4 is 20.3 Å². The monoisotopic (exact) mass is 468 g/mol. The van der Waals surface area contributed by atoms with Crippen molar-refractivity contribution in [2.24, 2.45) is 0 Å². The second-order valence-electron chi connectivity index (χ2n) is 8.27. The van der Waals surface area contributed by atoms with Crippen LogP contribution >= 0.6 is 0 Å². The van der Waals surface area contributed by atoms with Gasteiger partial charge in [-0.05, 0) is 68.6 Å². The molecular weight excluding hydrogens is 432 g/mol. The molecule has 2 N–H and O–H groups in total. The zero-order valence-electron chi connectivity index (χ0n) is 20.6. The minimum Gasteiger partial charge on any atom is -0.494 e. The molecule has 1 fully saturated rings. The van der Waals surface area contributed by atoms with Crippen molar-refractivity contribution in [3.05, 3.63) is 47.0 Å². The Bertz CT molecular complexity index is 972. The average molecular weight is 469 g/mol. The van der Waals surface area contributed by atoms with Gasteiger partial charge in [0.15, 0.2) is 0 Å². The number of methoxy groups -OCH3 is 1. The summed E-state index contributed by atoms with van der Waals surface area (Å²) >= 11 is 0. The summed E-state index contributed by atoms with van der Waals surface area (Å²) in [6.07, 6.45) is 4.16. The molecule has 2 aliphatic rings. The molecule has 34 heavy (non-hydrogen) atoms. The van der Waals surface area contributed by atoms with Crippen molar-refractivity contribution in [2.75, 3.05) is 62.9 Å². The second kappa shape index (κ2) is 13.3. The summed E-state index contributed by atoms with van der Waals surface area (Å²) < 4.78 is 5.22. The molecule has 0 unspecified atom stereocenters. The van der Waals surface area contributed by atoms with Crippen LogP contribution in [0.1, 0.15) is 23.1 Å². The number of hydrogen-bond donors (Lipinski definition) is 2. The van der Waals surface area contributed by atoms with Crippen LogP contribution in [0.15, 0.2) is 30.3 Å². The maximum Gasteiger partial charge on any atom is 0.288 e. The third-order valence-corrected chi connectivity index (χ3v) is 6.19. The molecule has 0 spiro atoms. The molecule has 0 saturated carbocycles. The normalized spacial score (nSPS) is 14.5. The predicted octanol–water partition coefficient (Wildman–Crippen LogP) is 2.92. The van der Waals surface area contributed by atoms with Crippen LogP contribution in [-0.2, 0) is 27.2 Å². The Labute approximate surface area is 202 Å². The standard InChI is InChI=1S/C14H20N2.C11H14N2O3.CH2O/c1-15-7-9-16(10-8-15)14-6-5-12-3-2-4-13(12)11-14;1-7-8(13-10(15)6-14)4-5-9(12-2)11(7)16-3;1-2/h5-6,11H,2-4,7-10H2,1H3;4-6,12H,1-3H3,(H,13,15);1H2. The molecule has 1 aliphatic carbocycles. The summed E-state index contributed by atoms with van der Waals surface area (Å²) in [6, 6.07) is 10.6. The molecule has 0 bridgehead atoms. The van der Waals surface area contributed by atoms with Gasteiger partial charge in [0.2, 0.25) is 6.29 Å². The summed E-state index contributed by atoms with van der Waals surface area (Å²) in [5.41, 5.74) is 6.77. The van der Waals surface area contributed by atoms with Crippen molar-refractivity contribution < 1.29 is 19.1 Å².